The van der Waals surface area contributed by atoms with Gasteiger partial charge in [-0.05, 0) is 36.1 Å². The van der Waals surface area contributed by atoms with E-state index in [1.54, 1.807) is 4.90 Å². The van der Waals surface area contributed by atoms with E-state index in [2.05, 4.69) is 5.32 Å². The van der Waals surface area contributed by atoms with Gasteiger partial charge in [0.15, 0.2) is 0 Å². The minimum absolute atomic E-state index is 0.0186. The van der Waals surface area contributed by atoms with E-state index in [-0.39, 0.29) is 17.9 Å². The van der Waals surface area contributed by atoms with Crippen LogP contribution in [-0.2, 0) is 22.6 Å². The van der Waals surface area contributed by atoms with Gasteiger partial charge in [-0.2, -0.15) is 0 Å². The van der Waals surface area contributed by atoms with Crippen LogP contribution in [0.5, 0.6) is 5.75 Å². The van der Waals surface area contributed by atoms with Crippen LogP contribution in [0.1, 0.15) is 24.0 Å². The van der Waals surface area contributed by atoms with Crippen LogP contribution in [0.3, 0.4) is 0 Å². The minimum Gasteiger partial charge on any atom is -0.489 e. The third kappa shape index (κ3) is 3.43. The molecule has 2 atom stereocenters. The van der Waals surface area contributed by atoms with Crippen molar-refractivity contribution in [2.45, 2.75) is 38.0 Å². The van der Waals surface area contributed by atoms with Crippen LogP contribution in [0.4, 0.5) is 0 Å². The monoisotopic (exact) mass is 350 g/mol. The second-order valence-corrected chi connectivity index (χ2v) is 6.87. The van der Waals surface area contributed by atoms with Gasteiger partial charge < -0.3 is 15.0 Å². The molecule has 2 fully saturated rings. The maximum absolute atomic E-state index is 12.6. The van der Waals surface area contributed by atoms with Crippen molar-refractivity contribution >= 4 is 11.8 Å². The largest absolute Gasteiger partial charge is 0.489 e. The highest BCUT2D eigenvalue weighted by Crippen LogP contribution is 2.23. The van der Waals surface area contributed by atoms with Crippen molar-refractivity contribution in [2.75, 3.05) is 6.54 Å². The number of benzene rings is 2. The van der Waals surface area contributed by atoms with E-state index in [1.165, 1.54) is 0 Å². The maximum atomic E-state index is 12.6. The van der Waals surface area contributed by atoms with Crippen molar-refractivity contribution < 1.29 is 14.3 Å². The molecule has 0 saturated carbocycles. The maximum Gasteiger partial charge on any atom is 0.246 e. The molecule has 1 N–H and O–H groups in total. The topological polar surface area (TPSA) is 58.6 Å². The molecular formula is C21H22N2O3. The summed E-state index contributed by atoms with van der Waals surface area (Å²) in [4.78, 5) is 26.5. The normalized spacial score (nSPS) is 22.1. The van der Waals surface area contributed by atoms with Crippen LogP contribution in [0, 0.1) is 0 Å². The first-order valence-electron chi connectivity index (χ1n) is 9.07. The Hall–Kier alpha value is -2.82. The summed E-state index contributed by atoms with van der Waals surface area (Å²) < 4.78 is 5.79. The van der Waals surface area contributed by atoms with Gasteiger partial charge in [-0.1, -0.05) is 42.5 Å². The molecule has 5 nitrogen and oxygen atoms in total. The Labute approximate surface area is 153 Å². The Morgan fingerprint density at radius 3 is 2.54 bits per heavy atom. The smallest absolute Gasteiger partial charge is 0.246 e. The first-order chi connectivity index (χ1) is 12.7. The molecule has 0 aromatic heterocycles. The minimum atomic E-state index is -0.465. The Morgan fingerprint density at radius 1 is 1.00 bits per heavy atom. The van der Waals surface area contributed by atoms with Gasteiger partial charge in [0.05, 0.1) is 0 Å². The predicted octanol–water partition coefficient (Wildman–Crippen LogP) is 2.30. The molecule has 0 unspecified atom stereocenters. The summed E-state index contributed by atoms with van der Waals surface area (Å²) in [6.07, 6.45) is 2.19. The summed E-state index contributed by atoms with van der Waals surface area (Å²) in [5.74, 6) is 0.808. The second kappa shape index (κ2) is 7.20. The molecule has 2 aromatic rings. The average molecular weight is 350 g/mol. The van der Waals surface area contributed by atoms with Gasteiger partial charge in [0.25, 0.3) is 0 Å². The van der Waals surface area contributed by atoms with Crippen LogP contribution in [0.2, 0.25) is 0 Å². The fourth-order valence-corrected chi connectivity index (χ4v) is 3.67. The molecule has 0 spiro atoms. The number of fused-ring (bicyclic) bond motifs is 1. The van der Waals surface area contributed by atoms with Crippen molar-refractivity contribution in [3.8, 4) is 5.75 Å². The highest BCUT2D eigenvalue weighted by atomic mass is 16.5. The first kappa shape index (κ1) is 16.6. The van der Waals surface area contributed by atoms with Crippen molar-refractivity contribution in [3.05, 3.63) is 65.7 Å². The van der Waals surface area contributed by atoms with Crippen LogP contribution >= 0.6 is 0 Å². The lowest BCUT2D eigenvalue weighted by Crippen LogP contribution is -2.61. The van der Waals surface area contributed by atoms with Crippen molar-refractivity contribution in [1.82, 2.24) is 10.2 Å². The van der Waals surface area contributed by atoms with E-state index in [0.717, 1.165) is 29.7 Å². The number of amides is 2. The standard InChI is InChI=1S/C21H22N2O3/c24-20-19-7-4-12-23(19)21(25)18(22-20)13-15-8-10-17(11-9-15)26-14-16-5-2-1-3-6-16/h1-3,5-6,8-11,18-19H,4,7,12-14H2,(H,22,24)/t18-,19-/m0/s1. The van der Waals surface area contributed by atoms with Gasteiger partial charge >= 0.3 is 0 Å². The number of nitrogens with one attached hydrogen (secondary N) is 1. The molecule has 2 aliphatic rings. The Morgan fingerprint density at radius 2 is 1.77 bits per heavy atom. The summed E-state index contributed by atoms with van der Waals surface area (Å²) in [7, 11) is 0. The van der Waals surface area contributed by atoms with E-state index in [1.807, 2.05) is 54.6 Å². The van der Waals surface area contributed by atoms with Crippen LogP contribution in [0.15, 0.2) is 54.6 Å². The highest BCUT2D eigenvalue weighted by molar-refractivity contribution is 5.97. The van der Waals surface area contributed by atoms with Gasteiger partial charge in [-0.25, -0.2) is 0 Å². The predicted molar refractivity (Wildman–Crippen MR) is 97.6 cm³/mol. The van der Waals surface area contributed by atoms with Crippen molar-refractivity contribution in [2.24, 2.45) is 0 Å². The molecule has 134 valence electrons. The quantitative estimate of drug-likeness (QED) is 0.900. The Balaban J connectivity index is 1.36. The lowest BCUT2D eigenvalue weighted by atomic mass is 10.0. The SMILES string of the molecule is O=C1N[C@@H](Cc2ccc(OCc3ccccc3)cc2)C(=O)N2CCC[C@@H]12. The van der Waals surface area contributed by atoms with Gasteiger partial charge in [-0.3, -0.25) is 9.59 Å². The van der Waals surface area contributed by atoms with Gasteiger partial charge in [0.1, 0.15) is 24.4 Å². The zero-order chi connectivity index (χ0) is 17.9. The summed E-state index contributed by atoms with van der Waals surface area (Å²) in [6, 6.07) is 17.0. The summed E-state index contributed by atoms with van der Waals surface area (Å²) >= 11 is 0. The number of carbonyl (C=O) groups is 2. The van der Waals surface area contributed by atoms with E-state index in [9.17, 15) is 9.59 Å². The second-order valence-electron chi connectivity index (χ2n) is 6.87. The third-order valence-corrected chi connectivity index (χ3v) is 5.06. The number of hydrogen-bond acceptors (Lipinski definition) is 3. The van der Waals surface area contributed by atoms with Crippen molar-refractivity contribution in [3.63, 3.8) is 0 Å². The number of piperazine rings is 1. The van der Waals surface area contributed by atoms with Crippen molar-refractivity contribution in [1.29, 1.82) is 0 Å². The Kier molecular flexibility index (Phi) is 4.61. The molecule has 5 heteroatoms. The molecular weight excluding hydrogens is 328 g/mol. The number of rotatable bonds is 5. The molecule has 26 heavy (non-hydrogen) atoms. The molecule has 0 radical (unpaired) electrons. The summed E-state index contributed by atoms with van der Waals surface area (Å²) in [6.45, 7) is 1.22. The highest BCUT2D eigenvalue weighted by Gasteiger charge is 2.42. The number of hydrogen-bond donors (Lipinski definition) is 1. The molecule has 2 aliphatic heterocycles. The van der Waals surface area contributed by atoms with Crippen LogP contribution < -0.4 is 10.1 Å². The molecule has 2 aromatic carbocycles. The van der Waals surface area contributed by atoms with Gasteiger partial charge in [-0.15, -0.1) is 0 Å². The van der Waals surface area contributed by atoms with E-state index in [4.69, 9.17) is 4.74 Å². The fraction of sp³-hybridized carbons (Fsp3) is 0.333. The fourth-order valence-electron chi connectivity index (χ4n) is 3.67. The molecule has 0 aliphatic carbocycles. The molecule has 2 amide bonds. The van der Waals surface area contributed by atoms with E-state index in [0.29, 0.717) is 19.6 Å². The third-order valence-electron chi connectivity index (χ3n) is 5.06. The number of nitrogens with zero attached hydrogens (tertiary/aromatic N) is 1. The van der Waals surface area contributed by atoms with Gasteiger partial charge in [0.2, 0.25) is 11.8 Å². The molecule has 0 bridgehead atoms. The molecule has 2 heterocycles. The Bertz CT molecular complexity index is 789. The average Bonchev–Trinajstić information content (AvgIpc) is 3.17. The zero-order valence-electron chi connectivity index (χ0n) is 14.6. The van der Waals surface area contributed by atoms with E-state index < -0.39 is 6.04 Å². The lowest BCUT2D eigenvalue weighted by molar-refractivity contribution is -0.146. The zero-order valence-corrected chi connectivity index (χ0v) is 14.6. The number of ether oxygens (including phenoxy) is 1. The van der Waals surface area contributed by atoms with Crippen LogP contribution in [0.25, 0.3) is 0 Å². The summed E-state index contributed by atoms with van der Waals surface area (Å²) in [5.41, 5.74) is 2.13. The van der Waals surface area contributed by atoms with Crippen LogP contribution in [-0.4, -0.2) is 35.3 Å². The lowest BCUT2D eigenvalue weighted by Gasteiger charge is -2.34. The molecule has 4 rings (SSSR count). The summed E-state index contributed by atoms with van der Waals surface area (Å²) in [5, 5.41) is 2.89. The first-order valence-corrected chi connectivity index (χ1v) is 9.07. The van der Waals surface area contributed by atoms with Gasteiger partial charge in [0, 0.05) is 13.0 Å². The molecule has 2 saturated heterocycles. The van der Waals surface area contributed by atoms with E-state index >= 15 is 0 Å². The number of carbonyl (C=O) groups excluding carboxylic acids is 2.